The summed E-state index contributed by atoms with van der Waals surface area (Å²) in [6.07, 6.45) is 1.73. The third-order valence-electron chi connectivity index (χ3n) is 3.01. The molecule has 0 atom stereocenters. The molecule has 0 aliphatic heterocycles. The molecule has 0 aliphatic carbocycles. The van der Waals surface area contributed by atoms with Crippen LogP contribution in [0.2, 0.25) is 0 Å². The van der Waals surface area contributed by atoms with Gasteiger partial charge in [0.1, 0.15) is 5.75 Å². The largest absolute Gasteiger partial charge is 0.496 e. The number of ether oxygens (including phenoxy) is 1. The van der Waals surface area contributed by atoms with Crippen molar-refractivity contribution in [2.45, 2.75) is 11.6 Å². The molecule has 1 aromatic carbocycles. The van der Waals surface area contributed by atoms with Gasteiger partial charge in [0, 0.05) is 25.4 Å². The second-order valence-electron chi connectivity index (χ2n) is 4.52. The molecule has 0 N–H and O–H groups in total. The molecule has 110 valence electrons. The Balaban J connectivity index is 1.90. The molecule has 21 heavy (non-hydrogen) atoms. The van der Waals surface area contributed by atoms with Crippen LogP contribution in [-0.2, 0) is 11.3 Å². The number of methoxy groups -OCH3 is 1. The number of rotatable bonds is 6. The van der Waals surface area contributed by atoms with Crippen molar-refractivity contribution in [1.82, 2.24) is 9.88 Å². The summed E-state index contributed by atoms with van der Waals surface area (Å²) < 4.78 is 5.30. The molecule has 1 aromatic heterocycles. The second kappa shape index (κ2) is 7.69. The van der Waals surface area contributed by atoms with Gasteiger partial charge in [-0.25, -0.2) is 4.98 Å². The molecule has 2 aromatic rings. The number of pyridine rings is 1. The van der Waals surface area contributed by atoms with Gasteiger partial charge in [-0.2, -0.15) is 0 Å². The molecule has 0 fully saturated rings. The van der Waals surface area contributed by atoms with Gasteiger partial charge in [-0.05, 0) is 18.2 Å². The number of hydrogen-bond acceptors (Lipinski definition) is 4. The average molecular weight is 302 g/mol. The van der Waals surface area contributed by atoms with E-state index >= 15 is 0 Å². The van der Waals surface area contributed by atoms with E-state index in [1.54, 1.807) is 25.3 Å². The first-order valence-corrected chi connectivity index (χ1v) is 7.59. The zero-order valence-electron chi connectivity index (χ0n) is 12.2. The van der Waals surface area contributed by atoms with Gasteiger partial charge in [-0.3, -0.25) is 4.79 Å². The smallest absolute Gasteiger partial charge is 0.233 e. The summed E-state index contributed by atoms with van der Waals surface area (Å²) in [4.78, 5) is 18.1. The van der Waals surface area contributed by atoms with E-state index in [2.05, 4.69) is 4.98 Å². The number of amides is 1. The first-order chi connectivity index (χ1) is 10.2. The molecule has 5 heteroatoms. The summed E-state index contributed by atoms with van der Waals surface area (Å²) in [6, 6.07) is 13.4. The predicted molar refractivity (Wildman–Crippen MR) is 84.4 cm³/mol. The van der Waals surface area contributed by atoms with E-state index in [1.165, 1.54) is 11.8 Å². The molecule has 1 amide bonds. The lowest BCUT2D eigenvalue weighted by atomic mass is 10.2. The van der Waals surface area contributed by atoms with Crippen molar-refractivity contribution in [3.63, 3.8) is 0 Å². The van der Waals surface area contributed by atoms with E-state index in [0.717, 1.165) is 16.3 Å². The summed E-state index contributed by atoms with van der Waals surface area (Å²) >= 11 is 1.44. The highest BCUT2D eigenvalue weighted by Gasteiger charge is 2.12. The van der Waals surface area contributed by atoms with Crippen LogP contribution in [0.1, 0.15) is 5.56 Å². The van der Waals surface area contributed by atoms with Gasteiger partial charge in [0.05, 0.1) is 17.9 Å². The van der Waals surface area contributed by atoms with Crippen LogP contribution in [0.5, 0.6) is 5.75 Å². The van der Waals surface area contributed by atoms with Crippen LogP contribution in [0.4, 0.5) is 0 Å². The Hall–Kier alpha value is -2.01. The number of carbonyl (C=O) groups excluding carboxylic acids is 1. The third-order valence-corrected chi connectivity index (χ3v) is 3.94. The maximum absolute atomic E-state index is 12.2. The molecule has 0 aliphatic rings. The van der Waals surface area contributed by atoms with E-state index in [4.69, 9.17) is 4.74 Å². The van der Waals surface area contributed by atoms with Crippen LogP contribution in [0.15, 0.2) is 53.7 Å². The van der Waals surface area contributed by atoms with Crippen molar-refractivity contribution in [3.05, 3.63) is 54.2 Å². The normalized spacial score (nSPS) is 10.2. The molecule has 0 saturated heterocycles. The highest BCUT2D eigenvalue weighted by atomic mass is 32.2. The molecule has 1 heterocycles. The number of benzene rings is 1. The average Bonchev–Trinajstić information content (AvgIpc) is 2.54. The third kappa shape index (κ3) is 4.49. The van der Waals surface area contributed by atoms with Crippen molar-refractivity contribution >= 4 is 17.7 Å². The van der Waals surface area contributed by atoms with Crippen molar-refractivity contribution in [2.75, 3.05) is 19.9 Å². The topological polar surface area (TPSA) is 42.4 Å². The van der Waals surface area contributed by atoms with Crippen molar-refractivity contribution in [3.8, 4) is 5.75 Å². The predicted octanol–water partition coefficient (Wildman–Crippen LogP) is 2.84. The number of para-hydroxylation sites is 1. The Labute approximate surface area is 129 Å². The Morgan fingerprint density at radius 2 is 2.00 bits per heavy atom. The minimum atomic E-state index is 0.0663. The molecule has 0 unspecified atom stereocenters. The monoisotopic (exact) mass is 302 g/mol. The van der Waals surface area contributed by atoms with Crippen LogP contribution in [0, 0.1) is 0 Å². The quantitative estimate of drug-likeness (QED) is 0.770. The van der Waals surface area contributed by atoms with Crippen LogP contribution in [-0.4, -0.2) is 35.7 Å². The maximum atomic E-state index is 12.2. The Kier molecular flexibility index (Phi) is 5.63. The van der Waals surface area contributed by atoms with E-state index < -0.39 is 0 Å². The van der Waals surface area contributed by atoms with Gasteiger partial charge in [0.2, 0.25) is 5.91 Å². The fourth-order valence-electron chi connectivity index (χ4n) is 1.86. The lowest BCUT2D eigenvalue weighted by Gasteiger charge is -2.18. The van der Waals surface area contributed by atoms with E-state index in [0.29, 0.717) is 12.3 Å². The van der Waals surface area contributed by atoms with Gasteiger partial charge >= 0.3 is 0 Å². The Bertz CT molecular complexity index is 590. The molecule has 0 spiro atoms. The number of thioether (sulfide) groups is 1. The minimum absolute atomic E-state index is 0.0663. The second-order valence-corrected chi connectivity index (χ2v) is 5.51. The van der Waals surface area contributed by atoms with E-state index in [9.17, 15) is 4.79 Å². The van der Waals surface area contributed by atoms with Crippen molar-refractivity contribution in [2.24, 2.45) is 0 Å². The summed E-state index contributed by atoms with van der Waals surface area (Å²) in [5.74, 6) is 1.24. The number of carbonyl (C=O) groups is 1. The van der Waals surface area contributed by atoms with Gasteiger partial charge in [-0.1, -0.05) is 36.0 Å². The van der Waals surface area contributed by atoms with Gasteiger partial charge in [0.25, 0.3) is 0 Å². The lowest BCUT2D eigenvalue weighted by molar-refractivity contribution is -0.127. The fourth-order valence-corrected chi connectivity index (χ4v) is 2.66. The van der Waals surface area contributed by atoms with Crippen LogP contribution in [0.3, 0.4) is 0 Å². The lowest BCUT2D eigenvalue weighted by Crippen LogP contribution is -2.28. The molecule has 0 radical (unpaired) electrons. The van der Waals surface area contributed by atoms with E-state index in [1.807, 2.05) is 42.5 Å². The number of aromatic nitrogens is 1. The first kappa shape index (κ1) is 15.4. The van der Waals surface area contributed by atoms with Crippen LogP contribution in [0.25, 0.3) is 0 Å². The molecule has 4 nitrogen and oxygen atoms in total. The van der Waals surface area contributed by atoms with Gasteiger partial charge < -0.3 is 9.64 Å². The highest BCUT2D eigenvalue weighted by Crippen LogP contribution is 2.20. The van der Waals surface area contributed by atoms with Crippen molar-refractivity contribution < 1.29 is 9.53 Å². The zero-order valence-corrected chi connectivity index (χ0v) is 13.0. The Morgan fingerprint density at radius 1 is 1.24 bits per heavy atom. The Morgan fingerprint density at radius 3 is 2.71 bits per heavy atom. The minimum Gasteiger partial charge on any atom is -0.496 e. The number of hydrogen-bond donors (Lipinski definition) is 0. The first-order valence-electron chi connectivity index (χ1n) is 6.60. The van der Waals surface area contributed by atoms with Gasteiger partial charge in [0.15, 0.2) is 0 Å². The maximum Gasteiger partial charge on any atom is 0.233 e. The number of nitrogens with zero attached hydrogens (tertiary/aromatic N) is 2. The molecule has 2 rings (SSSR count). The SMILES string of the molecule is COc1ccccc1CN(C)C(=O)CSc1ccccn1. The molecule has 0 bridgehead atoms. The fraction of sp³-hybridized carbons (Fsp3) is 0.250. The summed E-state index contributed by atoms with van der Waals surface area (Å²) in [5, 5.41) is 0.858. The van der Waals surface area contributed by atoms with Gasteiger partial charge in [-0.15, -0.1) is 0 Å². The van der Waals surface area contributed by atoms with Crippen LogP contribution < -0.4 is 4.74 Å². The highest BCUT2D eigenvalue weighted by molar-refractivity contribution is 7.99. The zero-order chi connectivity index (χ0) is 15.1. The summed E-state index contributed by atoms with van der Waals surface area (Å²) in [6.45, 7) is 0.533. The summed E-state index contributed by atoms with van der Waals surface area (Å²) in [5.41, 5.74) is 0.999. The van der Waals surface area contributed by atoms with Crippen molar-refractivity contribution in [1.29, 1.82) is 0 Å². The molecular formula is C16H18N2O2S. The molecular weight excluding hydrogens is 284 g/mol. The van der Waals surface area contributed by atoms with E-state index in [-0.39, 0.29) is 5.91 Å². The van der Waals surface area contributed by atoms with Crippen LogP contribution >= 0.6 is 11.8 Å². The standard InChI is InChI=1S/C16H18N2O2S/c1-18(11-13-7-3-4-8-14(13)20-2)16(19)12-21-15-9-5-6-10-17-15/h3-10H,11-12H2,1-2H3. The molecule has 0 saturated carbocycles. The summed E-state index contributed by atoms with van der Waals surface area (Å²) in [7, 11) is 3.44.